The molecule has 4 aromatic rings. The zero-order valence-electron chi connectivity index (χ0n) is 18.6. The number of aromatic nitrogens is 1. The molecule has 0 saturated carbocycles. The monoisotopic (exact) mass is 425 g/mol. The predicted molar refractivity (Wildman–Crippen MR) is 128 cm³/mol. The average Bonchev–Trinajstić information content (AvgIpc) is 3.16. The average molecular weight is 426 g/mol. The molecule has 3 aromatic carbocycles. The number of hydrogen-bond acceptors (Lipinski definition) is 3. The molecule has 5 rings (SSSR count). The maximum Gasteiger partial charge on any atom is 0.131 e. The van der Waals surface area contributed by atoms with Crippen LogP contribution in [-0.4, -0.2) is 22.4 Å². The Morgan fingerprint density at radius 1 is 1.00 bits per heavy atom. The molecule has 1 N–H and O–H groups in total. The highest BCUT2D eigenvalue weighted by atomic mass is 16.5. The third-order valence-corrected chi connectivity index (χ3v) is 5.98. The Kier molecular flexibility index (Phi) is 5.03. The molecule has 32 heavy (non-hydrogen) atoms. The Morgan fingerprint density at radius 3 is 2.53 bits per heavy atom. The van der Waals surface area contributed by atoms with Crippen LogP contribution in [0.4, 0.5) is 0 Å². The van der Waals surface area contributed by atoms with E-state index in [1.54, 1.807) is 7.11 Å². The largest absolute Gasteiger partial charge is 0.497 e. The maximum absolute atomic E-state index is 11.7. The number of fused-ring (bicyclic) bond motifs is 2. The van der Waals surface area contributed by atoms with E-state index in [9.17, 15) is 5.11 Å². The molecule has 1 atom stereocenters. The smallest absolute Gasteiger partial charge is 0.131 e. The van der Waals surface area contributed by atoms with Crippen LogP contribution < -0.4 is 9.47 Å². The Hall–Kier alpha value is -3.50. The number of ether oxygens (including phenoxy) is 2. The second kappa shape index (κ2) is 7.88. The van der Waals surface area contributed by atoms with Gasteiger partial charge in [0.15, 0.2) is 0 Å². The normalized spacial score (nSPS) is 15.6. The summed E-state index contributed by atoms with van der Waals surface area (Å²) in [5.41, 5.74) is 4.41. The van der Waals surface area contributed by atoms with E-state index < -0.39 is 11.7 Å². The van der Waals surface area contributed by atoms with Crippen molar-refractivity contribution in [2.75, 3.05) is 7.11 Å². The van der Waals surface area contributed by atoms with Crippen molar-refractivity contribution in [3.63, 3.8) is 0 Å². The molecule has 162 valence electrons. The second-order valence-electron chi connectivity index (χ2n) is 8.78. The Morgan fingerprint density at radius 2 is 1.75 bits per heavy atom. The van der Waals surface area contributed by atoms with Crippen molar-refractivity contribution in [3.05, 3.63) is 102 Å². The van der Waals surface area contributed by atoms with Gasteiger partial charge in [0, 0.05) is 40.8 Å². The minimum absolute atomic E-state index is 0.544. The van der Waals surface area contributed by atoms with Crippen molar-refractivity contribution in [2.45, 2.75) is 32.1 Å². The number of rotatable bonds is 5. The fourth-order valence-electron chi connectivity index (χ4n) is 4.52. The van der Waals surface area contributed by atoms with Crippen LogP contribution in [-0.2, 0) is 6.54 Å². The van der Waals surface area contributed by atoms with Crippen molar-refractivity contribution < 1.29 is 14.6 Å². The first-order valence-electron chi connectivity index (χ1n) is 10.8. The summed E-state index contributed by atoms with van der Waals surface area (Å²) in [5.74, 6) is 1.45. The summed E-state index contributed by atoms with van der Waals surface area (Å²) < 4.78 is 13.8. The molecule has 1 aliphatic rings. The molecule has 0 aliphatic carbocycles. The summed E-state index contributed by atoms with van der Waals surface area (Å²) in [6.45, 7) is 4.75. The summed E-state index contributed by atoms with van der Waals surface area (Å²) >= 11 is 0. The number of hydrogen-bond donors (Lipinski definition) is 1. The van der Waals surface area contributed by atoms with E-state index in [0.29, 0.717) is 0 Å². The van der Waals surface area contributed by atoms with Crippen LogP contribution in [0.3, 0.4) is 0 Å². The SMILES string of the molecule is COc1ccc2c(c1)OC(C)(C)C=C2C(O)c1cn(Cc2ccccc2)c2ccccc12. The van der Waals surface area contributed by atoms with E-state index in [0.717, 1.165) is 45.6 Å². The summed E-state index contributed by atoms with van der Waals surface area (Å²) in [6, 6.07) is 24.4. The quantitative estimate of drug-likeness (QED) is 0.427. The third kappa shape index (κ3) is 3.67. The zero-order valence-corrected chi connectivity index (χ0v) is 18.6. The van der Waals surface area contributed by atoms with Gasteiger partial charge in [-0.2, -0.15) is 0 Å². The molecule has 2 heterocycles. The standard InChI is InChI=1S/C28H27NO3/c1-28(2)16-23(22-14-13-20(31-3)15-26(22)32-28)27(30)24-18-29(17-19-9-5-4-6-10-19)25-12-8-7-11-21(24)25/h4-16,18,27,30H,17H2,1-3H3. The highest BCUT2D eigenvalue weighted by Crippen LogP contribution is 2.44. The highest BCUT2D eigenvalue weighted by molar-refractivity contribution is 5.88. The predicted octanol–water partition coefficient (Wildman–Crippen LogP) is 5.99. The van der Waals surface area contributed by atoms with Crippen molar-refractivity contribution in [1.82, 2.24) is 4.57 Å². The molecular formula is C28H27NO3. The van der Waals surface area contributed by atoms with Crippen molar-refractivity contribution >= 4 is 16.5 Å². The van der Waals surface area contributed by atoms with Crippen LogP contribution in [0.1, 0.15) is 36.6 Å². The molecule has 0 radical (unpaired) electrons. The van der Waals surface area contributed by atoms with Crippen molar-refractivity contribution in [3.8, 4) is 11.5 Å². The van der Waals surface area contributed by atoms with Crippen LogP contribution >= 0.6 is 0 Å². The minimum atomic E-state index is -0.785. The number of benzene rings is 3. The molecule has 1 aromatic heterocycles. The van der Waals surface area contributed by atoms with Gasteiger partial charge in [0.25, 0.3) is 0 Å². The summed E-state index contributed by atoms with van der Waals surface area (Å²) in [5, 5.41) is 12.7. The van der Waals surface area contributed by atoms with Gasteiger partial charge in [-0.1, -0.05) is 48.5 Å². The summed E-state index contributed by atoms with van der Waals surface area (Å²) in [4.78, 5) is 0. The highest BCUT2D eigenvalue weighted by Gasteiger charge is 2.31. The number of methoxy groups -OCH3 is 1. The fraction of sp³-hybridized carbons (Fsp3) is 0.214. The third-order valence-electron chi connectivity index (χ3n) is 5.98. The zero-order chi connectivity index (χ0) is 22.3. The molecule has 4 nitrogen and oxygen atoms in total. The first kappa shape index (κ1) is 20.4. The number of aliphatic hydroxyl groups excluding tert-OH is 1. The van der Waals surface area contributed by atoms with Gasteiger partial charge < -0.3 is 19.1 Å². The van der Waals surface area contributed by atoms with Crippen LogP contribution in [0, 0.1) is 0 Å². The minimum Gasteiger partial charge on any atom is -0.497 e. The first-order valence-corrected chi connectivity index (χ1v) is 10.8. The molecule has 0 bridgehead atoms. The van der Waals surface area contributed by atoms with Gasteiger partial charge in [0.1, 0.15) is 23.2 Å². The van der Waals surface area contributed by atoms with Gasteiger partial charge in [-0.3, -0.25) is 0 Å². The molecule has 0 spiro atoms. The number of nitrogens with zero attached hydrogens (tertiary/aromatic N) is 1. The van der Waals surface area contributed by atoms with Crippen LogP contribution in [0.15, 0.2) is 85.1 Å². The number of aliphatic hydroxyl groups is 1. The lowest BCUT2D eigenvalue weighted by Gasteiger charge is -2.33. The van der Waals surface area contributed by atoms with E-state index >= 15 is 0 Å². The molecule has 0 amide bonds. The molecule has 4 heteroatoms. The fourth-order valence-corrected chi connectivity index (χ4v) is 4.52. The molecule has 1 unspecified atom stereocenters. The van der Waals surface area contributed by atoms with Gasteiger partial charge in [0.05, 0.1) is 7.11 Å². The number of para-hydroxylation sites is 1. The van der Waals surface area contributed by atoms with Gasteiger partial charge >= 0.3 is 0 Å². The topological polar surface area (TPSA) is 43.6 Å². The van der Waals surface area contributed by atoms with Crippen LogP contribution in [0.5, 0.6) is 11.5 Å². The van der Waals surface area contributed by atoms with Gasteiger partial charge in [-0.15, -0.1) is 0 Å². The van der Waals surface area contributed by atoms with Crippen molar-refractivity contribution in [1.29, 1.82) is 0 Å². The van der Waals surface area contributed by atoms with Crippen LogP contribution in [0.2, 0.25) is 0 Å². The Labute approximate surface area is 188 Å². The van der Waals surface area contributed by atoms with Gasteiger partial charge in [-0.25, -0.2) is 0 Å². The van der Waals surface area contributed by atoms with E-state index in [2.05, 4.69) is 47.2 Å². The van der Waals surface area contributed by atoms with Crippen LogP contribution in [0.25, 0.3) is 16.5 Å². The lowest BCUT2D eigenvalue weighted by atomic mass is 9.88. The van der Waals surface area contributed by atoms with Crippen molar-refractivity contribution in [2.24, 2.45) is 0 Å². The molecular weight excluding hydrogens is 398 g/mol. The van der Waals surface area contributed by atoms with E-state index in [4.69, 9.17) is 9.47 Å². The first-order chi connectivity index (χ1) is 15.4. The maximum atomic E-state index is 11.7. The van der Waals surface area contributed by atoms with E-state index in [-0.39, 0.29) is 0 Å². The van der Waals surface area contributed by atoms with E-state index in [1.807, 2.05) is 56.3 Å². The van der Waals surface area contributed by atoms with Gasteiger partial charge in [0.2, 0.25) is 0 Å². The lowest BCUT2D eigenvalue weighted by Crippen LogP contribution is -2.30. The van der Waals surface area contributed by atoms with E-state index in [1.165, 1.54) is 5.56 Å². The molecule has 1 aliphatic heterocycles. The molecule has 0 fully saturated rings. The molecule has 0 saturated heterocycles. The lowest BCUT2D eigenvalue weighted by molar-refractivity contribution is 0.152. The van der Waals surface area contributed by atoms with Gasteiger partial charge in [-0.05, 0) is 49.3 Å². The summed E-state index contributed by atoms with van der Waals surface area (Å²) in [6.07, 6.45) is 3.32. The Balaban J connectivity index is 1.61. The Bertz CT molecular complexity index is 1300. The summed E-state index contributed by atoms with van der Waals surface area (Å²) in [7, 11) is 1.64. The second-order valence-corrected chi connectivity index (χ2v) is 8.78.